The van der Waals surface area contributed by atoms with Crippen LogP contribution in [0.25, 0.3) is 0 Å². The molecule has 0 bridgehead atoms. The largest absolute Gasteiger partial charge is 0.103 e. The minimum Gasteiger partial charge on any atom is -0.103 e. The van der Waals surface area contributed by atoms with Crippen molar-refractivity contribution >= 4 is 0 Å². The molecule has 0 aliphatic heterocycles. The van der Waals surface area contributed by atoms with Crippen molar-refractivity contribution in [3.63, 3.8) is 0 Å². The number of hydrogen-bond donors (Lipinski definition) is 0. The summed E-state index contributed by atoms with van der Waals surface area (Å²) in [4.78, 5) is 0. The fraction of sp³-hybridized carbons (Fsp3) is 0.727. The highest BCUT2D eigenvalue weighted by atomic mass is 14.2. The zero-order chi connectivity index (χ0) is 8.69. The van der Waals surface area contributed by atoms with Crippen molar-refractivity contribution in [3.05, 3.63) is 18.6 Å². The molecule has 0 aliphatic rings. The van der Waals surface area contributed by atoms with Crippen molar-refractivity contribution < 1.29 is 0 Å². The van der Waals surface area contributed by atoms with E-state index in [-0.39, 0.29) is 0 Å². The van der Waals surface area contributed by atoms with E-state index in [1.54, 1.807) is 5.92 Å². The van der Waals surface area contributed by atoms with Gasteiger partial charge in [-0.1, -0.05) is 39.7 Å². The van der Waals surface area contributed by atoms with E-state index in [4.69, 9.17) is 0 Å². The van der Waals surface area contributed by atoms with Crippen molar-refractivity contribution in [2.75, 3.05) is 0 Å². The molecular formula is C11H21. The van der Waals surface area contributed by atoms with Crippen LogP contribution in [0, 0.1) is 11.8 Å². The van der Waals surface area contributed by atoms with Crippen molar-refractivity contribution in [1.29, 1.82) is 0 Å². The summed E-state index contributed by atoms with van der Waals surface area (Å²) >= 11 is 0. The van der Waals surface area contributed by atoms with E-state index < -0.39 is 0 Å². The molecule has 0 rings (SSSR count). The van der Waals surface area contributed by atoms with E-state index in [1.165, 1.54) is 19.3 Å². The molecule has 0 heteroatoms. The molecule has 11 heavy (non-hydrogen) atoms. The third-order valence-electron chi connectivity index (χ3n) is 2.42. The highest BCUT2D eigenvalue weighted by Crippen LogP contribution is 2.27. The van der Waals surface area contributed by atoms with Crippen LogP contribution >= 0.6 is 0 Å². The standard InChI is InChI=1S/C11H21/c1-5-9-11(8-4)10(6-2)7-3/h5,10H,1,6-9H2,2-4H3. The van der Waals surface area contributed by atoms with Crippen molar-refractivity contribution in [2.24, 2.45) is 5.92 Å². The Morgan fingerprint density at radius 1 is 1.27 bits per heavy atom. The van der Waals surface area contributed by atoms with Crippen LogP contribution in [0.2, 0.25) is 0 Å². The summed E-state index contributed by atoms with van der Waals surface area (Å²) in [5.41, 5.74) is 0. The Labute approximate surface area is 71.7 Å². The van der Waals surface area contributed by atoms with Crippen molar-refractivity contribution in [1.82, 2.24) is 0 Å². The van der Waals surface area contributed by atoms with Crippen molar-refractivity contribution in [3.8, 4) is 0 Å². The van der Waals surface area contributed by atoms with E-state index >= 15 is 0 Å². The second-order valence-electron chi connectivity index (χ2n) is 3.02. The summed E-state index contributed by atoms with van der Waals surface area (Å²) in [6.45, 7) is 10.6. The first-order valence-corrected chi connectivity index (χ1v) is 4.75. The quantitative estimate of drug-likeness (QED) is 0.506. The SMILES string of the molecule is C=CC[C](CC)C(CC)CC. The van der Waals surface area contributed by atoms with Crippen LogP contribution in [0.1, 0.15) is 46.5 Å². The van der Waals surface area contributed by atoms with Gasteiger partial charge in [-0.2, -0.15) is 0 Å². The molecular weight excluding hydrogens is 132 g/mol. The average Bonchev–Trinajstić information content (AvgIpc) is 2.05. The summed E-state index contributed by atoms with van der Waals surface area (Å²) in [5.74, 6) is 2.50. The molecule has 0 fully saturated rings. The minimum atomic E-state index is 0.831. The van der Waals surface area contributed by atoms with Gasteiger partial charge in [-0.25, -0.2) is 0 Å². The van der Waals surface area contributed by atoms with Crippen LogP contribution in [0.4, 0.5) is 0 Å². The Bertz CT molecular complexity index is 90.2. The van der Waals surface area contributed by atoms with Crippen LogP contribution in [0.5, 0.6) is 0 Å². The van der Waals surface area contributed by atoms with E-state index in [2.05, 4.69) is 27.4 Å². The molecule has 1 radical (unpaired) electrons. The smallest absolute Gasteiger partial charge is 0.0176 e. The molecule has 0 aromatic heterocycles. The van der Waals surface area contributed by atoms with Crippen LogP contribution < -0.4 is 0 Å². The highest BCUT2D eigenvalue weighted by Gasteiger charge is 2.14. The lowest BCUT2D eigenvalue weighted by molar-refractivity contribution is 0.475. The summed E-state index contributed by atoms with van der Waals surface area (Å²) in [5, 5.41) is 0. The molecule has 0 spiro atoms. The lowest BCUT2D eigenvalue weighted by atomic mass is 9.84. The van der Waals surface area contributed by atoms with Gasteiger partial charge in [0.05, 0.1) is 0 Å². The van der Waals surface area contributed by atoms with Crippen LogP contribution in [-0.4, -0.2) is 0 Å². The molecule has 0 saturated carbocycles. The number of allylic oxidation sites excluding steroid dienone is 1. The summed E-state index contributed by atoms with van der Waals surface area (Å²) in [7, 11) is 0. The predicted octanol–water partition coefficient (Wildman–Crippen LogP) is 3.98. The normalized spacial score (nSPS) is 11.0. The van der Waals surface area contributed by atoms with E-state index in [0.717, 1.165) is 12.3 Å². The maximum absolute atomic E-state index is 3.78. The Hall–Kier alpha value is -0.260. The molecule has 65 valence electrons. The average molecular weight is 153 g/mol. The predicted molar refractivity (Wildman–Crippen MR) is 52.4 cm³/mol. The first-order chi connectivity index (χ1) is 5.29. The fourth-order valence-corrected chi connectivity index (χ4v) is 1.65. The van der Waals surface area contributed by atoms with Gasteiger partial charge < -0.3 is 0 Å². The second-order valence-corrected chi connectivity index (χ2v) is 3.02. The topological polar surface area (TPSA) is 0 Å². The molecule has 0 unspecified atom stereocenters. The number of hydrogen-bond acceptors (Lipinski definition) is 0. The molecule has 0 aliphatic carbocycles. The molecule has 0 nitrogen and oxygen atoms in total. The molecule has 0 saturated heterocycles. The Morgan fingerprint density at radius 3 is 2.09 bits per heavy atom. The zero-order valence-electron chi connectivity index (χ0n) is 8.19. The van der Waals surface area contributed by atoms with Gasteiger partial charge in [-0.15, -0.1) is 6.58 Å². The Kier molecular flexibility index (Phi) is 6.30. The molecule has 0 N–H and O–H groups in total. The molecule has 0 heterocycles. The van der Waals surface area contributed by atoms with Gasteiger partial charge in [0, 0.05) is 0 Å². The fourth-order valence-electron chi connectivity index (χ4n) is 1.65. The zero-order valence-corrected chi connectivity index (χ0v) is 8.19. The summed E-state index contributed by atoms with van der Waals surface area (Å²) in [6.07, 6.45) is 6.93. The summed E-state index contributed by atoms with van der Waals surface area (Å²) in [6, 6.07) is 0. The van der Waals surface area contributed by atoms with E-state index in [1.807, 2.05) is 6.08 Å². The molecule has 0 aromatic carbocycles. The van der Waals surface area contributed by atoms with E-state index in [0.29, 0.717) is 0 Å². The third kappa shape index (κ3) is 3.60. The van der Waals surface area contributed by atoms with Crippen LogP contribution in [0.3, 0.4) is 0 Å². The maximum Gasteiger partial charge on any atom is -0.0176 e. The van der Waals surface area contributed by atoms with Gasteiger partial charge in [-0.3, -0.25) is 0 Å². The monoisotopic (exact) mass is 153 g/mol. The third-order valence-corrected chi connectivity index (χ3v) is 2.42. The Morgan fingerprint density at radius 2 is 1.82 bits per heavy atom. The van der Waals surface area contributed by atoms with Gasteiger partial charge >= 0.3 is 0 Å². The lowest BCUT2D eigenvalue weighted by Gasteiger charge is -2.21. The molecule has 0 atom stereocenters. The highest BCUT2D eigenvalue weighted by molar-refractivity contribution is 4.99. The second kappa shape index (κ2) is 6.45. The molecule has 0 amide bonds. The molecule has 0 aromatic rings. The van der Waals surface area contributed by atoms with Gasteiger partial charge in [-0.05, 0) is 24.7 Å². The minimum absolute atomic E-state index is 0.831. The lowest BCUT2D eigenvalue weighted by Crippen LogP contribution is -2.09. The number of rotatable bonds is 6. The van der Waals surface area contributed by atoms with Crippen molar-refractivity contribution in [2.45, 2.75) is 46.5 Å². The van der Waals surface area contributed by atoms with E-state index in [9.17, 15) is 0 Å². The maximum atomic E-state index is 3.78. The summed E-state index contributed by atoms with van der Waals surface area (Å²) < 4.78 is 0. The van der Waals surface area contributed by atoms with Gasteiger partial charge in [0.2, 0.25) is 0 Å². The van der Waals surface area contributed by atoms with Crippen LogP contribution in [-0.2, 0) is 0 Å². The van der Waals surface area contributed by atoms with Gasteiger partial charge in [0.25, 0.3) is 0 Å². The Balaban J connectivity index is 3.85. The van der Waals surface area contributed by atoms with Gasteiger partial charge in [0.1, 0.15) is 0 Å². The first-order valence-electron chi connectivity index (χ1n) is 4.75. The first kappa shape index (κ1) is 10.7. The van der Waals surface area contributed by atoms with Crippen LogP contribution in [0.15, 0.2) is 12.7 Å². The van der Waals surface area contributed by atoms with Gasteiger partial charge in [0.15, 0.2) is 0 Å².